The van der Waals surface area contributed by atoms with Crippen molar-refractivity contribution in [3.8, 4) is 0 Å². The molecule has 0 bridgehead atoms. The molecule has 0 saturated heterocycles. The average molecular weight is 123 g/mol. The first-order valence-corrected chi connectivity index (χ1v) is 2.42. The fourth-order valence-electron chi connectivity index (χ4n) is 0.306. The third-order valence-electron chi connectivity index (χ3n) is 1.04. The molecule has 0 atom stereocenters. The number of hydrogen-bond donors (Lipinski definition) is 0. The number of halogens is 2. The van der Waals surface area contributed by atoms with Crippen LogP contribution in [0.25, 0.3) is 0 Å². The lowest BCUT2D eigenvalue weighted by molar-refractivity contribution is -0.117. The lowest BCUT2D eigenvalue weighted by Crippen LogP contribution is -2.08. The Hall–Kier alpha value is -0.110. The largest absolute Gasteiger partial charge is 0.278 e. The predicted molar refractivity (Wildman–Crippen MR) is 23.9 cm³/mol. The van der Waals surface area contributed by atoms with Crippen molar-refractivity contribution >= 4 is 16.8 Å². The number of carbonyl (C=O) groups excluding carboxylic acids is 1. The maximum absolute atomic E-state index is 12.1. The molecular formula is C4H4ClFO. The summed E-state index contributed by atoms with van der Waals surface area (Å²) in [4.78, 5) is 9.92. The van der Waals surface area contributed by atoms with Crippen LogP contribution in [0.3, 0.4) is 0 Å². The van der Waals surface area contributed by atoms with Gasteiger partial charge in [-0.2, -0.15) is 0 Å². The molecule has 0 spiro atoms. The molecule has 0 radical (unpaired) electrons. The molecule has 3 heteroatoms. The summed E-state index contributed by atoms with van der Waals surface area (Å²) in [5.41, 5.74) is -1.62. The summed E-state index contributed by atoms with van der Waals surface area (Å²) in [6.07, 6.45) is 0.630. The Labute approximate surface area is 45.5 Å². The van der Waals surface area contributed by atoms with Gasteiger partial charge in [0.2, 0.25) is 0 Å². The molecule has 1 aliphatic carbocycles. The van der Waals surface area contributed by atoms with Gasteiger partial charge in [0, 0.05) is 0 Å². The molecule has 0 amide bonds. The smallest absolute Gasteiger partial charge is 0.258 e. The quantitative estimate of drug-likeness (QED) is 0.479. The highest BCUT2D eigenvalue weighted by molar-refractivity contribution is 6.65. The van der Waals surface area contributed by atoms with E-state index >= 15 is 0 Å². The Morgan fingerprint density at radius 1 is 1.71 bits per heavy atom. The van der Waals surface area contributed by atoms with Crippen LogP contribution in [-0.4, -0.2) is 10.9 Å². The van der Waals surface area contributed by atoms with Gasteiger partial charge >= 0.3 is 0 Å². The van der Waals surface area contributed by atoms with Crippen molar-refractivity contribution in [3.05, 3.63) is 0 Å². The van der Waals surface area contributed by atoms with Crippen molar-refractivity contribution in [2.45, 2.75) is 18.5 Å². The summed E-state index contributed by atoms with van der Waals surface area (Å²) in [6, 6.07) is 0. The van der Waals surface area contributed by atoms with Crippen molar-refractivity contribution < 1.29 is 9.18 Å². The Morgan fingerprint density at radius 2 is 2.14 bits per heavy atom. The van der Waals surface area contributed by atoms with Crippen molar-refractivity contribution in [1.82, 2.24) is 0 Å². The molecule has 0 aliphatic heterocycles. The summed E-state index contributed by atoms with van der Waals surface area (Å²) in [6.45, 7) is 0. The van der Waals surface area contributed by atoms with Crippen LogP contribution in [0.5, 0.6) is 0 Å². The van der Waals surface area contributed by atoms with Crippen molar-refractivity contribution in [1.29, 1.82) is 0 Å². The summed E-state index contributed by atoms with van der Waals surface area (Å²) >= 11 is 4.80. The van der Waals surface area contributed by atoms with E-state index in [1.54, 1.807) is 0 Å². The minimum Gasteiger partial charge on any atom is -0.278 e. The lowest BCUT2D eigenvalue weighted by Gasteiger charge is -1.89. The van der Waals surface area contributed by atoms with Crippen molar-refractivity contribution in [3.63, 3.8) is 0 Å². The maximum Gasteiger partial charge on any atom is 0.258 e. The molecule has 1 fully saturated rings. The first kappa shape index (κ1) is 5.04. The van der Waals surface area contributed by atoms with E-state index in [-0.39, 0.29) is 0 Å². The summed E-state index contributed by atoms with van der Waals surface area (Å²) in [5.74, 6) is 0. The topological polar surface area (TPSA) is 17.1 Å². The molecule has 0 aromatic heterocycles. The summed E-state index contributed by atoms with van der Waals surface area (Å²) in [7, 11) is 0. The molecule has 1 aliphatic rings. The molecule has 1 nitrogen and oxygen atoms in total. The molecule has 0 N–H and O–H groups in total. The molecular weight excluding hydrogens is 118 g/mol. The third kappa shape index (κ3) is 0.752. The molecule has 0 heterocycles. The summed E-state index contributed by atoms with van der Waals surface area (Å²) in [5, 5.41) is -0.840. The number of hydrogen-bond acceptors (Lipinski definition) is 1. The van der Waals surface area contributed by atoms with E-state index in [0.29, 0.717) is 12.8 Å². The zero-order chi connectivity index (χ0) is 5.49. The minimum atomic E-state index is -1.62. The standard InChI is InChI=1S/C4H4ClFO/c5-3(7)4(6)1-2-4/h1-2H2. The molecule has 1 saturated carbocycles. The third-order valence-corrected chi connectivity index (χ3v) is 1.38. The predicted octanol–water partition coefficient (Wildman–Crippen LogP) is 1.25. The first-order chi connectivity index (χ1) is 3.15. The van der Waals surface area contributed by atoms with Gasteiger partial charge in [0.15, 0.2) is 5.67 Å². The molecule has 0 unspecified atom stereocenters. The van der Waals surface area contributed by atoms with E-state index in [1.807, 2.05) is 0 Å². The van der Waals surface area contributed by atoms with Gasteiger partial charge in [-0.15, -0.1) is 0 Å². The van der Waals surface area contributed by atoms with Crippen molar-refractivity contribution in [2.75, 3.05) is 0 Å². The second kappa shape index (κ2) is 1.19. The summed E-state index contributed by atoms with van der Waals surface area (Å²) < 4.78 is 12.1. The Balaban J connectivity index is 2.55. The van der Waals surface area contributed by atoms with Gasteiger partial charge in [-0.3, -0.25) is 4.79 Å². The van der Waals surface area contributed by atoms with Gasteiger partial charge in [-0.05, 0) is 24.4 Å². The Morgan fingerprint density at radius 3 is 2.14 bits per heavy atom. The highest BCUT2D eigenvalue weighted by Gasteiger charge is 2.49. The lowest BCUT2D eigenvalue weighted by atomic mass is 10.4. The van der Waals surface area contributed by atoms with Crippen LogP contribution in [0.2, 0.25) is 0 Å². The zero-order valence-corrected chi connectivity index (χ0v) is 4.33. The number of carbonyl (C=O) groups is 1. The normalized spacial score (nSPS) is 24.3. The van der Waals surface area contributed by atoms with Crippen LogP contribution in [0.1, 0.15) is 12.8 Å². The minimum absolute atomic E-state index is 0.315. The van der Waals surface area contributed by atoms with Gasteiger partial charge in [0.1, 0.15) is 0 Å². The fourth-order valence-corrected chi connectivity index (χ4v) is 0.495. The van der Waals surface area contributed by atoms with Crippen LogP contribution in [0.4, 0.5) is 4.39 Å². The Kier molecular flexibility index (Phi) is 0.854. The van der Waals surface area contributed by atoms with E-state index < -0.39 is 10.9 Å². The van der Waals surface area contributed by atoms with Gasteiger partial charge in [0.05, 0.1) is 0 Å². The van der Waals surface area contributed by atoms with E-state index in [9.17, 15) is 9.18 Å². The number of rotatable bonds is 1. The molecule has 1 rings (SSSR count). The van der Waals surface area contributed by atoms with Crippen LogP contribution in [0, 0.1) is 0 Å². The second-order valence-corrected chi connectivity index (χ2v) is 2.08. The fraction of sp³-hybridized carbons (Fsp3) is 0.750. The Bertz CT molecular complexity index is 108. The molecule has 40 valence electrons. The van der Waals surface area contributed by atoms with Gasteiger partial charge in [-0.25, -0.2) is 4.39 Å². The first-order valence-electron chi connectivity index (χ1n) is 2.04. The van der Waals surface area contributed by atoms with Gasteiger partial charge < -0.3 is 0 Å². The van der Waals surface area contributed by atoms with Gasteiger partial charge in [0.25, 0.3) is 5.24 Å². The zero-order valence-electron chi connectivity index (χ0n) is 3.58. The van der Waals surface area contributed by atoms with Gasteiger partial charge in [-0.1, -0.05) is 0 Å². The van der Waals surface area contributed by atoms with Crippen molar-refractivity contribution in [2.24, 2.45) is 0 Å². The highest BCUT2D eigenvalue weighted by atomic mass is 35.5. The van der Waals surface area contributed by atoms with Crippen LogP contribution < -0.4 is 0 Å². The highest BCUT2D eigenvalue weighted by Crippen LogP contribution is 2.41. The van der Waals surface area contributed by atoms with Crippen LogP contribution in [-0.2, 0) is 4.79 Å². The van der Waals surface area contributed by atoms with Crippen LogP contribution >= 0.6 is 11.6 Å². The SMILES string of the molecule is O=C(Cl)C1(F)CC1. The van der Waals surface area contributed by atoms with Crippen LogP contribution in [0.15, 0.2) is 0 Å². The maximum atomic E-state index is 12.1. The van der Waals surface area contributed by atoms with E-state index in [1.165, 1.54) is 0 Å². The van der Waals surface area contributed by atoms with E-state index in [0.717, 1.165) is 0 Å². The average Bonchev–Trinajstić information content (AvgIpc) is 2.21. The monoisotopic (exact) mass is 122 g/mol. The van der Waals surface area contributed by atoms with E-state index in [4.69, 9.17) is 11.6 Å². The molecule has 7 heavy (non-hydrogen) atoms. The number of alkyl halides is 1. The molecule has 0 aromatic carbocycles. The second-order valence-electron chi connectivity index (χ2n) is 1.74. The molecule has 0 aromatic rings. The van der Waals surface area contributed by atoms with E-state index in [2.05, 4.69) is 0 Å².